The number of amides is 2. The van der Waals surface area contributed by atoms with Gasteiger partial charge in [-0.2, -0.15) is 0 Å². The third-order valence-electron chi connectivity index (χ3n) is 4.50. The number of carbonyl (C=O) groups is 2. The minimum Gasteiger partial charge on any atom is -0.365 e. The van der Waals surface area contributed by atoms with E-state index < -0.39 is 23.1 Å². The summed E-state index contributed by atoms with van der Waals surface area (Å²) in [6.07, 6.45) is 1.33. The summed E-state index contributed by atoms with van der Waals surface area (Å²) in [4.78, 5) is 54.1. The number of nitrogens with zero attached hydrogens (tertiary/aromatic N) is 4. The molecule has 0 radical (unpaired) electrons. The van der Waals surface area contributed by atoms with Crippen LogP contribution in [0.4, 0.5) is 5.69 Å². The van der Waals surface area contributed by atoms with Gasteiger partial charge < -0.3 is 15.6 Å². The number of aromatic nitrogens is 4. The molecule has 3 rings (SSSR count). The second kappa shape index (κ2) is 6.99. The van der Waals surface area contributed by atoms with Gasteiger partial charge in [0.1, 0.15) is 11.4 Å². The number of carbonyl (C=O) groups excluding carboxylic acids is 2. The smallest absolute Gasteiger partial charge is 0.332 e. The minimum absolute atomic E-state index is 0.139. The van der Waals surface area contributed by atoms with Crippen LogP contribution in [-0.4, -0.2) is 30.5 Å². The highest BCUT2D eigenvalue weighted by atomic mass is 32.1. The number of imidazole rings is 1. The van der Waals surface area contributed by atoms with Crippen molar-refractivity contribution in [3.05, 3.63) is 43.0 Å². The van der Waals surface area contributed by atoms with Crippen LogP contribution in [0, 0.1) is 0 Å². The highest BCUT2D eigenvalue weighted by Crippen LogP contribution is 2.35. The van der Waals surface area contributed by atoms with Gasteiger partial charge in [0.2, 0.25) is 5.91 Å². The van der Waals surface area contributed by atoms with Crippen molar-refractivity contribution in [1.29, 1.82) is 0 Å². The van der Waals surface area contributed by atoms with Gasteiger partial charge in [-0.15, -0.1) is 11.3 Å². The van der Waals surface area contributed by atoms with Crippen LogP contribution in [0.15, 0.2) is 22.0 Å². The molecule has 11 heteroatoms. The van der Waals surface area contributed by atoms with Crippen molar-refractivity contribution in [1.82, 2.24) is 18.7 Å². The maximum Gasteiger partial charge on any atom is 0.332 e. The van der Waals surface area contributed by atoms with Gasteiger partial charge in [-0.25, -0.2) is 9.78 Å². The van der Waals surface area contributed by atoms with E-state index in [0.29, 0.717) is 5.69 Å². The molecular formula is C18H22N6O4S. The standard InChI is InChI=1S/C18H22N6O4S/c1-18(2,3)10-6-9(13(29-10)14(19)26)21-11(25)7-24-8-20-15-12(24)16(27)23(5)17(28)22(15)4/h6,8H,7H2,1-5H3,(H2,19,26)(H,21,25). The molecule has 0 unspecified atom stereocenters. The van der Waals surface area contributed by atoms with Gasteiger partial charge in [-0.1, -0.05) is 20.8 Å². The lowest BCUT2D eigenvalue weighted by Crippen LogP contribution is -2.37. The van der Waals surface area contributed by atoms with E-state index in [1.165, 1.54) is 40.9 Å². The van der Waals surface area contributed by atoms with Crippen molar-refractivity contribution in [2.45, 2.75) is 32.7 Å². The third-order valence-corrected chi connectivity index (χ3v) is 6.08. The first-order valence-corrected chi connectivity index (χ1v) is 9.58. The molecular weight excluding hydrogens is 396 g/mol. The Bertz CT molecular complexity index is 1250. The van der Waals surface area contributed by atoms with Gasteiger partial charge in [-0.05, 0) is 11.5 Å². The lowest BCUT2D eigenvalue weighted by molar-refractivity contribution is -0.116. The predicted octanol–water partition coefficient (Wildman–Crippen LogP) is 0.530. The molecule has 0 atom stereocenters. The summed E-state index contributed by atoms with van der Waals surface area (Å²) in [6, 6.07) is 1.73. The number of rotatable bonds is 4. The van der Waals surface area contributed by atoms with Crippen LogP contribution in [0.3, 0.4) is 0 Å². The second-order valence-corrected chi connectivity index (χ2v) is 8.82. The molecule has 0 bridgehead atoms. The lowest BCUT2D eigenvalue weighted by Gasteiger charge is -2.15. The van der Waals surface area contributed by atoms with E-state index in [2.05, 4.69) is 10.3 Å². The molecule has 0 aromatic carbocycles. The molecule has 3 aromatic rings. The quantitative estimate of drug-likeness (QED) is 0.637. The van der Waals surface area contributed by atoms with Gasteiger partial charge >= 0.3 is 5.69 Å². The van der Waals surface area contributed by atoms with E-state index in [1.54, 1.807) is 6.07 Å². The summed E-state index contributed by atoms with van der Waals surface area (Å²) in [5.74, 6) is -1.08. The van der Waals surface area contributed by atoms with Crippen LogP contribution in [0.5, 0.6) is 0 Å². The number of nitrogens with one attached hydrogen (secondary N) is 1. The van der Waals surface area contributed by atoms with E-state index in [1.807, 2.05) is 20.8 Å². The van der Waals surface area contributed by atoms with Crippen LogP contribution in [-0.2, 0) is 30.8 Å². The number of hydrogen-bond acceptors (Lipinski definition) is 6. The third kappa shape index (κ3) is 3.60. The highest BCUT2D eigenvalue weighted by molar-refractivity contribution is 7.14. The van der Waals surface area contributed by atoms with Crippen LogP contribution in [0.25, 0.3) is 11.2 Å². The van der Waals surface area contributed by atoms with Crippen molar-refractivity contribution >= 4 is 40.0 Å². The number of primary amides is 1. The Hall–Kier alpha value is -3.21. The van der Waals surface area contributed by atoms with E-state index in [9.17, 15) is 19.2 Å². The van der Waals surface area contributed by atoms with Crippen LogP contribution < -0.4 is 22.3 Å². The molecule has 29 heavy (non-hydrogen) atoms. The van der Waals surface area contributed by atoms with E-state index in [-0.39, 0.29) is 28.0 Å². The van der Waals surface area contributed by atoms with Crippen molar-refractivity contribution < 1.29 is 9.59 Å². The maximum atomic E-state index is 12.6. The number of aryl methyl sites for hydroxylation is 1. The molecule has 0 saturated carbocycles. The summed E-state index contributed by atoms with van der Waals surface area (Å²) in [7, 11) is 2.86. The van der Waals surface area contributed by atoms with Gasteiger partial charge in [-0.3, -0.25) is 23.5 Å². The highest BCUT2D eigenvalue weighted by Gasteiger charge is 2.23. The van der Waals surface area contributed by atoms with Crippen LogP contribution >= 0.6 is 11.3 Å². The van der Waals surface area contributed by atoms with Crippen LogP contribution in [0.2, 0.25) is 0 Å². The van der Waals surface area contributed by atoms with Gasteiger partial charge in [0.25, 0.3) is 11.5 Å². The molecule has 0 aliphatic carbocycles. The zero-order valence-corrected chi connectivity index (χ0v) is 17.6. The number of fused-ring (bicyclic) bond motifs is 1. The Morgan fingerprint density at radius 1 is 1.21 bits per heavy atom. The summed E-state index contributed by atoms with van der Waals surface area (Å²) in [6.45, 7) is 5.76. The topological polar surface area (TPSA) is 134 Å². The minimum atomic E-state index is -0.627. The molecule has 0 saturated heterocycles. The molecule has 0 aliphatic rings. The van der Waals surface area contributed by atoms with Gasteiger partial charge in [0.15, 0.2) is 11.2 Å². The number of hydrogen-bond donors (Lipinski definition) is 2. The summed E-state index contributed by atoms with van der Waals surface area (Å²) >= 11 is 1.24. The average Bonchev–Trinajstić information content (AvgIpc) is 3.22. The Labute approximate surface area is 169 Å². The maximum absolute atomic E-state index is 12.6. The molecule has 2 amide bonds. The Balaban J connectivity index is 1.95. The first-order chi connectivity index (χ1) is 13.4. The fourth-order valence-corrected chi connectivity index (χ4v) is 3.92. The lowest BCUT2D eigenvalue weighted by atomic mass is 9.94. The van der Waals surface area contributed by atoms with Crippen molar-refractivity contribution in [2.24, 2.45) is 19.8 Å². The zero-order chi connectivity index (χ0) is 21.7. The average molecular weight is 418 g/mol. The summed E-state index contributed by atoms with van der Waals surface area (Å²) in [5.41, 5.74) is 4.86. The largest absolute Gasteiger partial charge is 0.365 e. The molecule has 0 fully saturated rings. The summed E-state index contributed by atoms with van der Waals surface area (Å²) < 4.78 is 3.57. The molecule has 3 heterocycles. The number of nitrogens with two attached hydrogens (primary N) is 1. The number of anilines is 1. The molecule has 0 aliphatic heterocycles. The molecule has 3 aromatic heterocycles. The van der Waals surface area contributed by atoms with E-state index in [0.717, 1.165) is 9.44 Å². The van der Waals surface area contributed by atoms with Crippen molar-refractivity contribution in [3.63, 3.8) is 0 Å². The fraction of sp³-hybridized carbons (Fsp3) is 0.389. The number of thiophene rings is 1. The van der Waals surface area contributed by atoms with Gasteiger partial charge in [0.05, 0.1) is 12.0 Å². The molecule has 154 valence electrons. The predicted molar refractivity (Wildman–Crippen MR) is 110 cm³/mol. The first kappa shape index (κ1) is 20.5. The van der Waals surface area contributed by atoms with E-state index in [4.69, 9.17) is 5.73 Å². The van der Waals surface area contributed by atoms with Crippen molar-refractivity contribution in [2.75, 3.05) is 5.32 Å². The van der Waals surface area contributed by atoms with Gasteiger partial charge in [0, 0.05) is 19.0 Å². The first-order valence-electron chi connectivity index (χ1n) is 8.76. The fourth-order valence-electron chi connectivity index (χ4n) is 2.90. The Morgan fingerprint density at radius 3 is 2.45 bits per heavy atom. The Morgan fingerprint density at radius 2 is 1.86 bits per heavy atom. The monoisotopic (exact) mass is 418 g/mol. The second-order valence-electron chi connectivity index (χ2n) is 7.77. The zero-order valence-electron chi connectivity index (χ0n) is 16.8. The molecule has 0 spiro atoms. The summed E-state index contributed by atoms with van der Waals surface area (Å²) in [5, 5.41) is 2.69. The molecule has 10 nitrogen and oxygen atoms in total. The SMILES string of the molecule is Cn1c(=O)c2c(ncn2CC(=O)Nc2cc(C(C)(C)C)sc2C(N)=O)n(C)c1=O. The van der Waals surface area contributed by atoms with Crippen molar-refractivity contribution in [3.8, 4) is 0 Å². The van der Waals surface area contributed by atoms with E-state index >= 15 is 0 Å². The van der Waals surface area contributed by atoms with Crippen LogP contribution in [0.1, 0.15) is 35.3 Å². The molecule has 3 N–H and O–H groups in total. The normalized spacial score (nSPS) is 11.8. The Kier molecular flexibility index (Phi) is 4.95.